The molecule has 0 saturated carbocycles. The van der Waals surface area contributed by atoms with Gasteiger partial charge in [0, 0.05) is 11.8 Å². The maximum atomic E-state index is 14.3. The van der Waals surface area contributed by atoms with E-state index in [-0.39, 0.29) is 63.9 Å². The molecule has 320 valence electrons. The van der Waals surface area contributed by atoms with Crippen LogP contribution in [0.2, 0.25) is 0 Å². The molecule has 5 atom stereocenters. The van der Waals surface area contributed by atoms with Gasteiger partial charge in [0.2, 0.25) is 11.8 Å². The van der Waals surface area contributed by atoms with E-state index in [1.54, 1.807) is 41.5 Å². The minimum Gasteiger partial charge on any atom is -0.463 e. The Kier molecular flexibility index (Phi) is 22.9. The Bertz CT molecular complexity index is 1210. The number of hydrogen-bond acceptors (Lipinski definition) is 14. The second-order valence-electron chi connectivity index (χ2n) is 16.2. The highest BCUT2D eigenvalue weighted by molar-refractivity contribution is 5.87. The number of hydrazine groups is 1. The smallest absolute Gasteiger partial charge is 0.312 e. The first-order chi connectivity index (χ1) is 25.6. The van der Waals surface area contributed by atoms with Gasteiger partial charge >= 0.3 is 23.9 Å². The van der Waals surface area contributed by atoms with Crippen molar-refractivity contribution in [3.05, 3.63) is 0 Å². The number of nitrogens with one attached hydrogen (secondary N) is 2. The van der Waals surface area contributed by atoms with Gasteiger partial charge in [-0.1, -0.05) is 40.5 Å². The van der Waals surface area contributed by atoms with Crippen LogP contribution in [0.3, 0.4) is 0 Å². The monoisotopic (exact) mass is 790 g/mol. The highest BCUT2D eigenvalue weighted by Gasteiger charge is 2.49. The number of amides is 2. The van der Waals surface area contributed by atoms with Gasteiger partial charge in [-0.3, -0.25) is 39.6 Å². The van der Waals surface area contributed by atoms with Gasteiger partial charge < -0.3 is 39.4 Å². The van der Waals surface area contributed by atoms with Crippen LogP contribution in [0.15, 0.2) is 0 Å². The third-order valence-electron chi connectivity index (χ3n) is 10.7. The van der Waals surface area contributed by atoms with E-state index < -0.39 is 95.6 Å². The summed E-state index contributed by atoms with van der Waals surface area (Å²) in [7, 11) is 0. The lowest BCUT2D eigenvalue weighted by atomic mass is 9.64. The van der Waals surface area contributed by atoms with Gasteiger partial charge in [0.1, 0.15) is 26.4 Å². The first-order valence-corrected chi connectivity index (χ1v) is 19.3. The number of ether oxygens (including phenoxy) is 4. The fourth-order valence-electron chi connectivity index (χ4n) is 6.71. The van der Waals surface area contributed by atoms with Crippen molar-refractivity contribution in [3.8, 4) is 0 Å². The first kappa shape index (κ1) is 51.7. The van der Waals surface area contributed by atoms with E-state index in [9.17, 15) is 39.0 Å². The van der Waals surface area contributed by atoms with E-state index >= 15 is 0 Å². The number of carbonyl (C=O) groups excluding carboxylic acids is 6. The predicted molar refractivity (Wildman–Crippen MR) is 201 cm³/mol. The van der Waals surface area contributed by atoms with Crippen molar-refractivity contribution in [1.82, 2.24) is 10.9 Å². The van der Waals surface area contributed by atoms with E-state index in [0.717, 1.165) is 0 Å². The summed E-state index contributed by atoms with van der Waals surface area (Å²) >= 11 is 0. The minimum atomic E-state index is -1.28. The second-order valence-corrected chi connectivity index (χ2v) is 16.2. The molecule has 0 aromatic heterocycles. The summed E-state index contributed by atoms with van der Waals surface area (Å²) in [6, 6.07) is 0. The van der Waals surface area contributed by atoms with Gasteiger partial charge in [-0.2, -0.15) is 0 Å². The minimum absolute atomic E-state index is 0.115. The highest BCUT2D eigenvalue weighted by Crippen LogP contribution is 2.45. The SMILES string of the molecule is CCCC(C)C(C)(CC(CC(C)(C(=O)OCCO)C(C)CC)C(=O)NNC(=O)C(CC(C)(C)C(=O)OCCO)CC(C)(C)C(=O)OCCO)C(=O)OCCO. The van der Waals surface area contributed by atoms with Crippen LogP contribution in [-0.4, -0.2) is 109 Å². The summed E-state index contributed by atoms with van der Waals surface area (Å²) in [5, 5.41) is 37.1. The van der Waals surface area contributed by atoms with Crippen molar-refractivity contribution in [2.75, 3.05) is 52.9 Å². The maximum Gasteiger partial charge on any atom is 0.312 e. The number of hydrogen-bond donors (Lipinski definition) is 6. The van der Waals surface area contributed by atoms with Crippen molar-refractivity contribution >= 4 is 35.7 Å². The molecule has 16 heteroatoms. The topological polar surface area (TPSA) is 244 Å². The molecule has 0 fully saturated rings. The summed E-state index contributed by atoms with van der Waals surface area (Å²) in [6.45, 7) is 14.3. The molecule has 0 bridgehead atoms. The molecular weight excluding hydrogens is 720 g/mol. The Morgan fingerprint density at radius 2 is 0.818 bits per heavy atom. The molecule has 0 heterocycles. The van der Waals surface area contributed by atoms with Gasteiger partial charge in [-0.15, -0.1) is 0 Å². The van der Waals surface area contributed by atoms with Crippen molar-refractivity contribution in [2.45, 2.75) is 114 Å². The third kappa shape index (κ3) is 16.0. The molecule has 16 nitrogen and oxygen atoms in total. The molecule has 6 N–H and O–H groups in total. The van der Waals surface area contributed by atoms with E-state index in [2.05, 4.69) is 10.9 Å². The Balaban J connectivity index is 7.00. The number of esters is 4. The molecule has 5 unspecified atom stereocenters. The fraction of sp³-hybridized carbons (Fsp3) is 0.846. The molecule has 0 aromatic carbocycles. The van der Waals surface area contributed by atoms with E-state index in [0.29, 0.717) is 19.3 Å². The molecule has 0 aliphatic heterocycles. The average Bonchev–Trinajstić information content (AvgIpc) is 3.14. The van der Waals surface area contributed by atoms with Gasteiger partial charge in [-0.25, -0.2) is 0 Å². The highest BCUT2D eigenvalue weighted by atomic mass is 16.6. The average molecular weight is 791 g/mol. The van der Waals surface area contributed by atoms with Crippen LogP contribution >= 0.6 is 0 Å². The standard InChI is InChI=1S/C39H70N2O14/c1-11-13-27(4)39(10,35(51)55-21-17-45)25-29(24-38(9,26(3)12-2)34(50)54-20-16-44)31(47)41-40-30(46)28(22-36(5,6)32(48)52-18-14-42)23-37(7,8)33(49)53-19-15-43/h26-29,42-45H,11-25H2,1-10H3,(H,40,46)(H,41,47). The normalized spacial score (nSPS) is 15.8. The van der Waals surface area contributed by atoms with Gasteiger partial charge in [0.25, 0.3) is 0 Å². The van der Waals surface area contributed by atoms with E-state index in [1.165, 1.54) is 0 Å². The third-order valence-corrected chi connectivity index (χ3v) is 10.7. The van der Waals surface area contributed by atoms with Crippen molar-refractivity contribution < 1.29 is 68.1 Å². The van der Waals surface area contributed by atoms with Crippen LogP contribution in [0.1, 0.15) is 114 Å². The van der Waals surface area contributed by atoms with Crippen LogP contribution in [-0.2, 0) is 47.7 Å². The van der Waals surface area contributed by atoms with Crippen molar-refractivity contribution in [3.63, 3.8) is 0 Å². The number of rotatable bonds is 27. The molecule has 0 radical (unpaired) electrons. The fourth-order valence-corrected chi connectivity index (χ4v) is 6.71. The zero-order valence-corrected chi connectivity index (χ0v) is 34.8. The molecule has 2 amide bonds. The van der Waals surface area contributed by atoms with Crippen molar-refractivity contribution in [1.29, 1.82) is 0 Å². The number of carbonyl (C=O) groups is 6. The summed E-state index contributed by atoms with van der Waals surface area (Å²) in [4.78, 5) is 81.3. The predicted octanol–water partition coefficient (Wildman–Crippen LogP) is 2.62. The lowest BCUT2D eigenvalue weighted by Crippen LogP contribution is -2.51. The molecular formula is C39H70N2O14. The summed E-state index contributed by atoms with van der Waals surface area (Å²) in [5.74, 6) is -6.99. The Labute approximate surface area is 326 Å². The molecule has 0 rings (SSSR count). The van der Waals surface area contributed by atoms with Crippen LogP contribution in [0.4, 0.5) is 0 Å². The van der Waals surface area contributed by atoms with Gasteiger partial charge in [0.05, 0.1) is 48.1 Å². The molecule has 0 aliphatic carbocycles. The molecule has 0 aliphatic rings. The molecule has 0 spiro atoms. The van der Waals surface area contributed by atoms with Crippen LogP contribution in [0.5, 0.6) is 0 Å². The lowest BCUT2D eigenvalue weighted by Gasteiger charge is -2.40. The summed E-state index contributed by atoms with van der Waals surface area (Å²) in [6.07, 6.45) is 1.29. The zero-order valence-electron chi connectivity index (χ0n) is 34.8. The zero-order chi connectivity index (χ0) is 42.6. The first-order valence-electron chi connectivity index (χ1n) is 19.3. The van der Waals surface area contributed by atoms with Crippen LogP contribution in [0, 0.1) is 45.3 Å². The summed E-state index contributed by atoms with van der Waals surface area (Å²) < 4.78 is 21.0. The largest absolute Gasteiger partial charge is 0.463 e. The maximum absolute atomic E-state index is 14.3. The summed E-state index contributed by atoms with van der Waals surface area (Å²) in [5.41, 5.74) is -0.195. The van der Waals surface area contributed by atoms with Crippen molar-refractivity contribution in [2.24, 2.45) is 45.3 Å². The molecule has 55 heavy (non-hydrogen) atoms. The Hall–Kier alpha value is -3.34. The van der Waals surface area contributed by atoms with Crippen LogP contribution in [0.25, 0.3) is 0 Å². The Morgan fingerprint density at radius 1 is 0.509 bits per heavy atom. The number of aliphatic hydroxyl groups is 4. The van der Waals surface area contributed by atoms with Gasteiger partial charge in [-0.05, 0) is 85.5 Å². The number of aliphatic hydroxyl groups excluding tert-OH is 4. The van der Waals surface area contributed by atoms with E-state index in [4.69, 9.17) is 29.2 Å². The molecule has 0 aromatic rings. The van der Waals surface area contributed by atoms with Gasteiger partial charge in [0.15, 0.2) is 0 Å². The van der Waals surface area contributed by atoms with E-state index in [1.807, 2.05) is 27.7 Å². The Morgan fingerprint density at radius 3 is 1.13 bits per heavy atom. The lowest BCUT2D eigenvalue weighted by molar-refractivity contribution is -0.165. The quantitative estimate of drug-likeness (QED) is 0.0398. The van der Waals surface area contributed by atoms with Crippen LogP contribution < -0.4 is 10.9 Å². The molecule has 0 saturated heterocycles. The second kappa shape index (κ2) is 24.3.